The van der Waals surface area contributed by atoms with Crippen LogP contribution in [0.3, 0.4) is 0 Å². The second-order valence-electron chi connectivity index (χ2n) is 9.21. The van der Waals surface area contributed by atoms with Gasteiger partial charge in [-0.05, 0) is 6.92 Å². The van der Waals surface area contributed by atoms with Crippen molar-refractivity contribution in [1.82, 2.24) is 40.3 Å². The molecule has 1 unspecified atom stereocenters. The third-order valence-corrected chi connectivity index (χ3v) is 7.77. The van der Waals surface area contributed by atoms with Crippen molar-refractivity contribution in [3.05, 3.63) is 45.3 Å². The maximum Gasteiger partial charge on any atom is 0.403 e. The SMILES string of the molecule is Cc1cn([C@H]2C[C@H](NP(=O)(O)OC[C@H]3O[C@@H](n4cnc5c(N)ncnc54)[C@H](O)[C@@H]3O)[C@@H](CO)O2)c(=O)[nH]c1=O.N. The van der Waals surface area contributed by atoms with Gasteiger partial charge in [0.05, 0.1) is 31.7 Å². The van der Waals surface area contributed by atoms with Crippen LogP contribution in [-0.2, 0) is 18.6 Å². The molecule has 0 spiro atoms. The maximum atomic E-state index is 12.8. The fourth-order valence-corrected chi connectivity index (χ4v) is 5.70. The summed E-state index contributed by atoms with van der Waals surface area (Å²) in [5.74, 6) is 0.110. The summed E-state index contributed by atoms with van der Waals surface area (Å²) in [5, 5.41) is 33.2. The molecule has 11 N–H and O–H groups in total. The van der Waals surface area contributed by atoms with Crippen LogP contribution < -0.4 is 28.2 Å². The molecular weight excluding hydrogens is 557 g/mol. The number of nitrogens with one attached hydrogen (secondary N) is 2. The van der Waals surface area contributed by atoms with E-state index in [2.05, 4.69) is 25.0 Å². The minimum atomic E-state index is -4.58. The highest BCUT2D eigenvalue weighted by Gasteiger charge is 2.46. The standard InChI is InChI=1S/C20H27N8O10P.H3N/c1-8-3-27(20(33)25-18(8)32)12-2-9(10(4-29)37-12)26-39(34,35)36-5-11-14(30)15(31)19(38-11)28-7-24-13-16(21)22-6-23-17(13)28;/h3,6-7,9-12,14-15,19,29-31H,2,4-5H2,1H3,(H2,21,22,23)(H,25,32,33)(H2,26,34,35);1H3/t9-,10+,11+,12+,14+,15+,19+;/m0./s1. The Kier molecular flexibility index (Phi) is 8.52. The number of aliphatic hydroxyl groups is 3. The Morgan fingerprint density at radius 1 is 1.20 bits per heavy atom. The molecule has 2 saturated heterocycles. The molecule has 3 aromatic heterocycles. The van der Waals surface area contributed by atoms with E-state index in [1.54, 1.807) is 0 Å². The van der Waals surface area contributed by atoms with Gasteiger partial charge >= 0.3 is 13.4 Å². The smallest absolute Gasteiger partial charge is 0.394 e. The molecule has 0 bridgehead atoms. The molecule has 0 radical (unpaired) electrons. The van der Waals surface area contributed by atoms with Crippen LogP contribution in [0.1, 0.15) is 24.4 Å². The predicted molar refractivity (Wildman–Crippen MR) is 135 cm³/mol. The summed E-state index contributed by atoms with van der Waals surface area (Å²) >= 11 is 0. The average Bonchev–Trinajstić information content (AvgIpc) is 3.57. The van der Waals surface area contributed by atoms with Crippen LogP contribution in [0.25, 0.3) is 11.2 Å². The quantitative estimate of drug-likeness (QED) is 0.125. The molecule has 0 saturated carbocycles. The number of imidazole rings is 1. The fourth-order valence-electron chi connectivity index (χ4n) is 4.58. The molecule has 8 atom stereocenters. The number of anilines is 1. The first-order chi connectivity index (χ1) is 18.5. The predicted octanol–water partition coefficient (Wildman–Crippen LogP) is -2.60. The van der Waals surface area contributed by atoms with E-state index in [1.807, 2.05) is 0 Å². The number of nitrogen functional groups attached to an aromatic ring is 1. The minimum Gasteiger partial charge on any atom is -0.394 e. The van der Waals surface area contributed by atoms with Crippen molar-refractivity contribution in [3.63, 3.8) is 0 Å². The second kappa shape index (κ2) is 11.4. The van der Waals surface area contributed by atoms with Gasteiger partial charge in [0.1, 0.15) is 36.4 Å². The number of hydrogen-bond donors (Lipinski definition) is 8. The number of nitrogens with two attached hydrogens (primary N) is 1. The number of fused-ring (bicyclic) bond motifs is 1. The van der Waals surface area contributed by atoms with Crippen LogP contribution in [0.5, 0.6) is 0 Å². The zero-order valence-electron chi connectivity index (χ0n) is 21.1. The molecular formula is C20H30N9O10P. The second-order valence-corrected chi connectivity index (χ2v) is 10.8. The number of H-pyrrole nitrogens is 1. The Labute approximate surface area is 224 Å². The van der Waals surface area contributed by atoms with Gasteiger partial charge in [-0.1, -0.05) is 0 Å². The summed E-state index contributed by atoms with van der Waals surface area (Å²) in [5.41, 5.74) is 5.25. The first-order valence-corrected chi connectivity index (χ1v) is 13.3. The molecule has 19 nitrogen and oxygen atoms in total. The summed E-state index contributed by atoms with van der Waals surface area (Å²) in [7, 11) is -4.58. The molecule has 2 fully saturated rings. The van der Waals surface area contributed by atoms with Gasteiger partial charge in [-0.3, -0.25) is 23.4 Å². The van der Waals surface area contributed by atoms with Crippen molar-refractivity contribution in [2.75, 3.05) is 18.9 Å². The molecule has 5 heterocycles. The van der Waals surface area contributed by atoms with Crippen molar-refractivity contribution in [2.45, 2.75) is 56.3 Å². The van der Waals surface area contributed by atoms with Gasteiger partial charge in [0.25, 0.3) is 5.56 Å². The summed E-state index contributed by atoms with van der Waals surface area (Å²) < 4.78 is 31.8. The third kappa shape index (κ3) is 5.56. The molecule has 0 aromatic carbocycles. The molecule has 0 aliphatic carbocycles. The zero-order chi connectivity index (χ0) is 28.1. The molecule has 0 amide bonds. The molecule has 40 heavy (non-hydrogen) atoms. The normalized spacial score (nSPS) is 29.9. The number of ether oxygens (including phenoxy) is 2. The van der Waals surface area contributed by atoms with E-state index in [0.29, 0.717) is 0 Å². The van der Waals surface area contributed by atoms with E-state index in [9.17, 15) is 34.4 Å². The lowest BCUT2D eigenvalue weighted by Crippen LogP contribution is -2.38. The largest absolute Gasteiger partial charge is 0.403 e. The van der Waals surface area contributed by atoms with Gasteiger partial charge in [0.2, 0.25) is 0 Å². The highest BCUT2D eigenvalue weighted by molar-refractivity contribution is 7.50. The summed E-state index contributed by atoms with van der Waals surface area (Å²) in [6.07, 6.45) is -3.47. The Hall–Kier alpha value is -3.10. The van der Waals surface area contributed by atoms with Crippen LogP contribution in [0.2, 0.25) is 0 Å². The summed E-state index contributed by atoms with van der Waals surface area (Å²) in [6.45, 7) is 0.355. The van der Waals surface area contributed by atoms with Crippen molar-refractivity contribution in [1.29, 1.82) is 0 Å². The number of aliphatic hydroxyl groups excluding tert-OH is 3. The molecule has 220 valence electrons. The lowest BCUT2D eigenvalue weighted by Gasteiger charge is -2.22. The van der Waals surface area contributed by atoms with Gasteiger partial charge in [0.15, 0.2) is 17.7 Å². The number of aromatic amines is 1. The maximum absolute atomic E-state index is 12.8. The summed E-state index contributed by atoms with van der Waals surface area (Å²) in [4.78, 5) is 48.5. The molecule has 20 heteroatoms. The number of nitrogens with zero attached hydrogens (tertiary/aromatic N) is 5. The number of aryl methyl sites for hydroxylation is 1. The van der Waals surface area contributed by atoms with Gasteiger partial charge < -0.3 is 41.6 Å². The topological polar surface area (TPSA) is 297 Å². The Bertz CT molecular complexity index is 1530. The summed E-state index contributed by atoms with van der Waals surface area (Å²) in [6, 6.07) is -0.926. The number of hydrogen-bond acceptors (Lipinski definition) is 14. The number of aromatic nitrogens is 6. The highest BCUT2D eigenvalue weighted by Crippen LogP contribution is 2.43. The van der Waals surface area contributed by atoms with E-state index in [4.69, 9.17) is 19.7 Å². The van der Waals surface area contributed by atoms with Crippen LogP contribution in [0, 0.1) is 6.92 Å². The average molecular weight is 587 g/mol. The zero-order valence-corrected chi connectivity index (χ0v) is 22.0. The Morgan fingerprint density at radius 2 is 1.95 bits per heavy atom. The highest BCUT2D eigenvalue weighted by atomic mass is 31.2. The van der Waals surface area contributed by atoms with Crippen LogP contribution >= 0.6 is 7.75 Å². The first-order valence-electron chi connectivity index (χ1n) is 11.8. The van der Waals surface area contributed by atoms with E-state index in [-0.39, 0.29) is 35.1 Å². The van der Waals surface area contributed by atoms with Gasteiger partial charge in [-0.25, -0.2) is 29.4 Å². The van der Waals surface area contributed by atoms with Gasteiger partial charge in [-0.15, -0.1) is 0 Å². The van der Waals surface area contributed by atoms with Gasteiger partial charge in [-0.2, -0.15) is 0 Å². The van der Waals surface area contributed by atoms with Gasteiger partial charge in [0, 0.05) is 18.2 Å². The lowest BCUT2D eigenvalue weighted by atomic mass is 10.1. The van der Waals surface area contributed by atoms with Crippen LogP contribution in [-0.4, -0.2) is 93.0 Å². The molecule has 2 aliphatic rings. The molecule has 2 aliphatic heterocycles. The van der Waals surface area contributed by atoms with Crippen molar-refractivity contribution >= 4 is 24.7 Å². The first kappa shape index (κ1) is 29.9. The minimum absolute atomic E-state index is 0. The lowest BCUT2D eigenvalue weighted by molar-refractivity contribution is -0.0491. The van der Waals surface area contributed by atoms with E-state index >= 15 is 0 Å². The third-order valence-electron chi connectivity index (χ3n) is 6.61. The van der Waals surface area contributed by atoms with Crippen LogP contribution in [0.4, 0.5) is 5.82 Å². The Balaban J connectivity index is 0.00000370. The number of rotatable bonds is 8. The van der Waals surface area contributed by atoms with E-state index < -0.39 is 75.1 Å². The van der Waals surface area contributed by atoms with Crippen molar-refractivity contribution in [3.8, 4) is 0 Å². The van der Waals surface area contributed by atoms with Crippen LogP contribution in [0.15, 0.2) is 28.4 Å². The monoisotopic (exact) mass is 587 g/mol. The van der Waals surface area contributed by atoms with E-state index in [0.717, 1.165) is 4.57 Å². The fraction of sp³-hybridized carbons (Fsp3) is 0.550. The van der Waals surface area contributed by atoms with Crippen molar-refractivity contribution in [2.24, 2.45) is 0 Å². The molecule has 5 rings (SSSR count). The van der Waals surface area contributed by atoms with E-state index in [1.165, 1.54) is 30.3 Å². The molecule has 3 aromatic rings. The Morgan fingerprint density at radius 3 is 2.67 bits per heavy atom. The van der Waals surface area contributed by atoms with Crippen molar-refractivity contribution < 1.29 is 38.8 Å².